The Balaban J connectivity index is 2.22. The molecule has 0 aromatic rings. The molecule has 17 heavy (non-hydrogen) atoms. The predicted molar refractivity (Wildman–Crippen MR) is 68.8 cm³/mol. The number of aliphatic hydroxyl groups is 1. The van der Waals surface area contributed by atoms with Crippen LogP contribution in [0.4, 0.5) is 4.79 Å². The van der Waals surface area contributed by atoms with Gasteiger partial charge in [0, 0.05) is 31.7 Å². The van der Waals surface area contributed by atoms with E-state index in [1.54, 1.807) is 4.90 Å². The Morgan fingerprint density at radius 1 is 1.71 bits per heavy atom. The summed E-state index contributed by atoms with van der Waals surface area (Å²) in [4.78, 5) is 13.7. The number of carbonyl (C=O) groups is 1. The fourth-order valence-corrected chi connectivity index (χ4v) is 2.11. The summed E-state index contributed by atoms with van der Waals surface area (Å²) < 4.78 is 0. The molecule has 1 rings (SSSR count). The molecule has 1 saturated heterocycles. The van der Waals surface area contributed by atoms with E-state index in [9.17, 15) is 4.79 Å². The van der Waals surface area contributed by atoms with E-state index in [2.05, 4.69) is 11.9 Å². The highest BCUT2D eigenvalue weighted by atomic mass is 16.3. The van der Waals surface area contributed by atoms with Crippen molar-refractivity contribution in [3.63, 3.8) is 0 Å². The molecule has 4 heteroatoms. The van der Waals surface area contributed by atoms with E-state index in [1.165, 1.54) is 0 Å². The van der Waals surface area contributed by atoms with E-state index in [4.69, 9.17) is 5.11 Å². The number of aliphatic hydroxyl groups excluding tert-OH is 1. The maximum atomic E-state index is 11.9. The van der Waals surface area contributed by atoms with E-state index in [-0.39, 0.29) is 24.6 Å². The first-order chi connectivity index (χ1) is 8.17. The highest BCUT2D eigenvalue weighted by Crippen LogP contribution is 2.15. The van der Waals surface area contributed by atoms with Gasteiger partial charge in [0.1, 0.15) is 0 Å². The molecule has 2 amide bonds. The number of hydrogen-bond donors (Lipinski definition) is 2. The quantitative estimate of drug-likeness (QED) is 0.549. The molecular formula is C13H24N2O2. The Labute approximate surface area is 104 Å². The molecule has 0 bridgehead atoms. The van der Waals surface area contributed by atoms with Crippen LogP contribution < -0.4 is 5.32 Å². The summed E-state index contributed by atoms with van der Waals surface area (Å²) in [6, 6.07) is 0.211. The van der Waals surface area contributed by atoms with E-state index in [1.807, 2.05) is 13.0 Å². The minimum Gasteiger partial charge on any atom is -0.396 e. The zero-order chi connectivity index (χ0) is 12.7. The molecule has 0 aliphatic carbocycles. The predicted octanol–water partition coefficient (Wildman–Crippen LogP) is 1.76. The summed E-state index contributed by atoms with van der Waals surface area (Å²) in [5.41, 5.74) is 0. The number of unbranched alkanes of at least 4 members (excludes halogenated alkanes) is 1. The summed E-state index contributed by atoms with van der Waals surface area (Å²) in [5.74, 6) is 0.261. The van der Waals surface area contributed by atoms with Crippen molar-refractivity contribution in [2.75, 3.05) is 19.7 Å². The van der Waals surface area contributed by atoms with Crippen LogP contribution in [0.5, 0.6) is 0 Å². The van der Waals surface area contributed by atoms with E-state index < -0.39 is 0 Å². The summed E-state index contributed by atoms with van der Waals surface area (Å²) in [7, 11) is 0. The first kappa shape index (κ1) is 14.0. The van der Waals surface area contributed by atoms with Gasteiger partial charge in [0.05, 0.1) is 0 Å². The zero-order valence-electron chi connectivity index (χ0n) is 10.7. The van der Waals surface area contributed by atoms with Gasteiger partial charge in [-0.1, -0.05) is 6.08 Å². The van der Waals surface area contributed by atoms with Crippen LogP contribution >= 0.6 is 0 Å². The Kier molecular flexibility index (Phi) is 6.05. The number of carbonyl (C=O) groups excluding carboxylic acids is 1. The molecule has 1 aliphatic rings. The maximum Gasteiger partial charge on any atom is 0.317 e. The number of amides is 2. The third kappa shape index (κ3) is 4.77. The lowest BCUT2D eigenvalue weighted by Gasteiger charge is -2.20. The van der Waals surface area contributed by atoms with Gasteiger partial charge in [-0.25, -0.2) is 4.79 Å². The first-order valence-corrected chi connectivity index (χ1v) is 6.44. The van der Waals surface area contributed by atoms with Crippen LogP contribution in [-0.2, 0) is 0 Å². The zero-order valence-corrected chi connectivity index (χ0v) is 10.7. The van der Waals surface area contributed by atoms with Crippen molar-refractivity contribution in [1.82, 2.24) is 10.2 Å². The molecule has 0 aromatic carbocycles. The van der Waals surface area contributed by atoms with Crippen LogP contribution in [-0.4, -0.2) is 41.8 Å². The van der Waals surface area contributed by atoms with Gasteiger partial charge in [0.15, 0.2) is 0 Å². The van der Waals surface area contributed by atoms with Crippen molar-refractivity contribution in [3.8, 4) is 0 Å². The van der Waals surface area contributed by atoms with Crippen LogP contribution in [0.25, 0.3) is 0 Å². The number of urea groups is 1. The lowest BCUT2D eigenvalue weighted by atomic mass is 10.1. The van der Waals surface area contributed by atoms with Gasteiger partial charge < -0.3 is 15.3 Å². The fraction of sp³-hybridized carbons (Fsp3) is 0.769. The monoisotopic (exact) mass is 240 g/mol. The number of rotatable bonds is 6. The molecule has 0 saturated carbocycles. The highest BCUT2D eigenvalue weighted by Gasteiger charge is 2.25. The van der Waals surface area contributed by atoms with Crippen molar-refractivity contribution in [3.05, 3.63) is 12.7 Å². The Morgan fingerprint density at radius 3 is 3.06 bits per heavy atom. The van der Waals surface area contributed by atoms with Gasteiger partial charge in [0.2, 0.25) is 0 Å². The molecule has 4 nitrogen and oxygen atoms in total. The molecule has 1 aliphatic heterocycles. The second-order valence-electron chi connectivity index (χ2n) is 4.85. The Hall–Kier alpha value is -1.03. The minimum atomic E-state index is 0.00653. The minimum absolute atomic E-state index is 0.00653. The molecule has 98 valence electrons. The van der Waals surface area contributed by atoms with Gasteiger partial charge in [-0.15, -0.1) is 6.58 Å². The normalized spacial score (nSPS) is 21.3. The van der Waals surface area contributed by atoms with Crippen LogP contribution in [0.3, 0.4) is 0 Å². The fourth-order valence-electron chi connectivity index (χ4n) is 2.11. The van der Waals surface area contributed by atoms with Crippen molar-refractivity contribution in [2.45, 2.75) is 38.6 Å². The number of hydrogen-bond acceptors (Lipinski definition) is 2. The summed E-state index contributed by atoms with van der Waals surface area (Å²) in [6.07, 6.45) is 5.85. The van der Waals surface area contributed by atoms with Crippen LogP contribution in [0, 0.1) is 5.92 Å². The summed E-state index contributed by atoms with van der Waals surface area (Å²) >= 11 is 0. The molecule has 1 fully saturated rings. The van der Waals surface area contributed by atoms with Crippen molar-refractivity contribution in [2.24, 2.45) is 5.92 Å². The molecule has 2 atom stereocenters. The topological polar surface area (TPSA) is 52.6 Å². The first-order valence-electron chi connectivity index (χ1n) is 6.44. The van der Waals surface area contributed by atoms with Crippen molar-refractivity contribution < 1.29 is 9.90 Å². The van der Waals surface area contributed by atoms with E-state index >= 15 is 0 Å². The molecule has 1 heterocycles. The second kappa shape index (κ2) is 7.33. The second-order valence-corrected chi connectivity index (χ2v) is 4.85. The number of nitrogens with zero attached hydrogens (tertiary/aromatic N) is 1. The average Bonchev–Trinajstić information content (AvgIpc) is 2.78. The average molecular weight is 240 g/mol. The van der Waals surface area contributed by atoms with Gasteiger partial charge in [-0.3, -0.25) is 0 Å². The third-order valence-corrected chi connectivity index (χ3v) is 3.25. The Bertz CT molecular complexity index is 256. The van der Waals surface area contributed by atoms with Crippen LogP contribution in [0.2, 0.25) is 0 Å². The molecule has 0 spiro atoms. The van der Waals surface area contributed by atoms with Gasteiger partial charge >= 0.3 is 6.03 Å². The molecular weight excluding hydrogens is 216 g/mol. The number of allylic oxidation sites excluding steroid dienone is 1. The SMILES string of the molecule is C=CCCC[C@@H](C)NC(=O)N1CC[C@@H](CO)C1. The van der Waals surface area contributed by atoms with E-state index in [0.29, 0.717) is 6.54 Å². The van der Waals surface area contributed by atoms with Crippen LogP contribution in [0.1, 0.15) is 32.6 Å². The van der Waals surface area contributed by atoms with Crippen molar-refractivity contribution in [1.29, 1.82) is 0 Å². The van der Waals surface area contributed by atoms with Gasteiger partial charge in [-0.2, -0.15) is 0 Å². The summed E-state index contributed by atoms with van der Waals surface area (Å²) in [5, 5.41) is 12.0. The molecule has 0 aromatic heterocycles. The lowest BCUT2D eigenvalue weighted by molar-refractivity contribution is 0.195. The standard InChI is InChI=1S/C13H24N2O2/c1-3-4-5-6-11(2)14-13(17)15-8-7-12(9-15)10-16/h3,11-12,16H,1,4-10H2,2H3,(H,14,17)/t11-,12-/m1/s1. The van der Waals surface area contributed by atoms with E-state index in [0.717, 1.165) is 32.2 Å². The van der Waals surface area contributed by atoms with Gasteiger partial charge in [-0.05, 0) is 32.6 Å². The smallest absolute Gasteiger partial charge is 0.317 e. The highest BCUT2D eigenvalue weighted by molar-refractivity contribution is 5.74. The van der Waals surface area contributed by atoms with Crippen molar-refractivity contribution >= 4 is 6.03 Å². The maximum absolute atomic E-state index is 11.9. The summed E-state index contributed by atoms with van der Waals surface area (Å²) in [6.45, 7) is 7.33. The number of likely N-dealkylation sites (tertiary alicyclic amines) is 1. The molecule has 2 N–H and O–H groups in total. The molecule has 0 radical (unpaired) electrons. The van der Waals surface area contributed by atoms with Crippen LogP contribution in [0.15, 0.2) is 12.7 Å². The van der Waals surface area contributed by atoms with Gasteiger partial charge in [0.25, 0.3) is 0 Å². The third-order valence-electron chi connectivity index (χ3n) is 3.25. The largest absolute Gasteiger partial charge is 0.396 e. The number of nitrogens with one attached hydrogen (secondary N) is 1. The lowest BCUT2D eigenvalue weighted by Crippen LogP contribution is -2.42. The Morgan fingerprint density at radius 2 is 2.47 bits per heavy atom. The molecule has 0 unspecified atom stereocenters.